The van der Waals surface area contributed by atoms with Crippen LogP contribution in [0.2, 0.25) is 0 Å². The second kappa shape index (κ2) is 11.2. The number of ether oxygens (including phenoxy) is 1. The normalized spacial score (nSPS) is 39.2. The van der Waals surface area contributed by atoms with Crippen LogP contribution < -0.4 is 0 Å². The predicted octanol–water partition coefficient (Wildman–Crippen LogP) is 8.02. The summed E-state index contributed by atoms with van der Waals surface area (Å²) < 4.78 is 6.48. The summed E-state index contributed by atoms with van der Waals surface area (Å²) in [4.78, 5) is 0. The predicted molar refractivity (Wildman–Crippen MR) is 117 cm³/mol. The second-order valence-corrected chi connectivity index (χ2v) is 10.8. The summed E-state index contributed by atoms with van der Waals surface area (Å²) in [6, 6.07) is 0. The van der Waals surface area contributed by atoms with E-state index in [1.54, 1.807) is 0 Å². The van der Waals surface area contributed by atoms with Crippen LogP contribution in [0.1, 0.15) is 117 Å². The Bertz CT molecular complexity index is 381. The van der Waals surface area contributed by atoms with Gasteiger partial charge in [-0.15, -0.1) is 0 Å². The van der Waals surface area contributed by atoms with Gasteiger partial charge in [0, 0.05) is 0 Å². The Morgan fingerprint density at radius 2 is 1.44 bits per heavy atom. The van der Waals surface area contributed by atoms with E-state index in [4.69, 9.17) is 4.74 Å². The molecule has 0 spiro atoms. The smallest absolute Gasteiger partial charge is 0.0603 e. The maximum absolute atomic E-state index is 6.48. The van der Waals surface area contributed by atoms with Gasteiger partial charge in [0.1, 0.15) is 0 Å². The average Bonchev–Trinajstić information content (AvgIpc) is 2.70. The van der Waals surface area contributed by atoms with E-state index < -0.39 is 0 Å². The number of hydrogen-bond donors (Lipinski definition) is 0. The van der Waals surface area contributed by atoms with Crippen LogP contribution in [-0.2, 0) is 4.74 Å². The van der Waals surface area contributed by atoms with Crippen LogP contribution in [0.3, 0.4) is 0 Å². The summed E-state index contributed by atoms with van der Waals surface area (Å²) in [6.07, 6.45) is 22.4. The van der Waals surface area contributed by atoms with Crippen molar-refractivity contribution in [1.82, 2.24) is 0 Å². The third-order valence-corrected chi connectivity index (χ3v) is 8.58. The zero-order valence-corrected chi connectivity index (χ0v) is 18.8. The summed E-state index contributed by atoms with van der Waals surface area (Å²) >= 11 is 0. The molecule has 3 unspecified atom stereocenters. The molecular weight excluding hydrogens is 328 g/mol. The van der Waals surface area contributed by atoms with Crippen LogP contribution in [-0.4, -0.2) is 12.7 Å². The number of rotatable bonds is 8. The first-order chi connectivity index (χ1) is 13.2. The Kier molecular flexibility index (Phi) is 9.01. The maximum atomic E-state index is 6.48. The molecule has 1 saturated heterocycles. The van der Waals surface area contributed by atoms with Gasteiger partial charge < -0.3 is 4.74 Å². The molecule has 0 aromatic carbocycles. The van der Waals surface area contributed by atoms with Crippen LogP contribution >= 0.6 is 0 Å². The Labute approximate surface area is 170 Å². The molecule has 0 N–H and O–H groups in total. The molecule has 3 atom stereocenters. The molecule has 2 aliphatic carbocycles. The van der Waals surface area contributed by atoms with Crippen molar-refractivity contribution in [2.45, 2.75) is 123 Å². The van der Waals surface area contributed by atoms with E-state index in [-0.39, 0.29) is 0 Å². The van der Waals surface area contributed by atoms with Crippen molar-refractivity contribution in [2.24, 2.45) is 35.5 Å². The SMILES string of the molecule is CCCC(C)CCCC1CCC(C2CCC(C3CCC(C)CC3)CO2)CC1. The van der Waals surface area contributed by atoms with Crippen molar-refractivity contribution >= 4 is 0 Å². The fourth-order valence-corrected chi connectivity index (χ4v) is 6.53. The highest BCUT2D eigenvalue weighted by atomic mass is 16.5. The summed E-state index contributed by atoms with van der Waals surface area (Å²) in [6.45, 7) is 8.29. The van der Waals surface area contributed by atoms with Gasteiger partial charge >= 0.3 is 0 Å². The Morgan fingerprint density at radius 3 is 2.07 bits per heavy atom. The lowest BCUT2D eigenvalue weighted by molar-refractivity contribution is -0.0738. The lowest BCUT2D eigenvalue weighted by Crippen LogP contribution is -2.37. The fraction of sp³-hybridized carbons (Fsp3) is 1.00. The minimum atomic E-state index is 0.606. The molecule has 1 aliphatic heterocycles. The molecule has 3 fully saturated rings. The van der Waals surface area contributed by atoms with Crippen LogP contribution in [0.25, 0.3) is 0 Å². The van der Waals surface area contributed by atoms with Gasteiger partial charge in [-0.05, 0) is 74.0 Å². The van der Waals surface area contributed by atoms with E-state index in [0.29, 0.717) is 6.10 Å². The highest BCUT2D eigenvalue weighted by Gasteiger charge is 2.34. The van der Waals surface area contributed by atoms with E-state index in [9.17, 15) is 0 Å². The topological polar surface area (TPSA) is 9.23 Å². The zero-order chi connectivity index (χ0) is 19.1. The first kappa shape index (κ1) is 21.7. The molecule has 27 heavy (non-hydrogen) atoms. The minimum Gasteiger partial charge on any atom is -0.378 e. The Balaban J connectivity index is 1.29. The molecule has 158 valence electrons. The van der Waals surface area contributed by atoms with Crippen LogP contribution in [0.15, 0.2) is 0 Å². The van der Waals surface area contributed by atoms with E-state index in [0.717, 1.165) is 42.1 Å². The largest absolute Gasteiger partial charge is 0.378 e. The third-order valence-electron chi connectivity index (χ3n) is 8.58. The molecule has 0 bridgehead atoms. The van der Waals surface area contributed by atoms with Gasteiger partial charge in [0.2, 0.25) is 0 Å². The molecule has 1 heteroatoms. The quantitative estimate of drug-likeness (QED) is 0.416. The molecule has 3 aliphatic rings. The summed E-state index contributed by atoms with van der Waals surface area (Å²) in [7, 11) is 0. The van der Waals surface area contributed by atoms with E-state index in [1.165, 1.54) is 96.3 Å². The lowest BCUT2D eigenvalue weighted by atomic mass is 9.72. The summed E-state index contributed by atoms with van der Waals surface area (Å²) in [5, 5.41) is 0. The lowest BCUT2D eigenvalue weighted by Gasteiger charge is -2.41. The van der Waals surface area contributed by atoms with E-state index in [2.05, 4.69) is 20.8 Å². The molecule has 3 rings (SSSR count). The Morgan fingerprint density at radius 1 is 0.778 bits per heavy atom. The van der Waals surface area contributed by atoms with Crippen molar-refractivity contribution in [3.63, 3.8) is 0 Å². The first-order valence-corrected chi connectivity index (χ1v) is 12.8. The van der Waals surface area contributed by atoms with Crippen molar-refractivity contribution < 1.29 is 4.74 Å². The number of hydrogen-bond acceptors (Lipinski definition) is 1. The van der Waals surface area contributed by atoms with Gasteiger partial charge in [0.25, 0.3) is 0 Å². The summed E-state index contributed by atoms with van der Waals surface area (Å²) in [5.41, 5.74) is 0. The molecule has 0 aromatic heterocycles. The zero-order valence-electron chi connectivity index (χ0n) is 18.8. The van der Waals surface area contributed by atoms with Gasteiger partial charge in [0.05, 0.1) is 12.7 Å². The molecule has 0 amide bonds. The van der Waals surface area contributed by atoms with E-state index >= 15 is 0 Å². The van der Waals surface area contributed by atoms with Crippen LogP contribution in [0.4, 0.5) is 0 Å². The summed E-state index contributed by atoms with van der Waals surface area (Å²) in [5.74, 6) is 5.69. The Hall–Kier alpha value is -0.0400. The van der Waals surface area contributed by atoms with Gasteiger partial charge in [0.15, 0.2) is 0 Å². The third kappa shape index (κ3) is 6.76. The van der Waals surface area contributed by atoms with Gasteiger partial charge in [-0.2, -0.15) is 0 Å². The average molecular weight is 377 g/mol. The van der Waals surface area contributed by atoms with Crippen molar-refractivity contribution in [3.8, 4) is 0 Å². The van der Waals surface area contributed by atoms with Crippen LogP contribution in [0, 0.1) is 35.5 Å². The molecule has 0 radical (unpaired) electrons. The standard InChI is InChI=1S/C26H48O/c1-4-6-20(2)7-5-8-22-11-15-24(16-12-22)26-18-17-25(19-27-26)23-13-9-21(3)10-14-23/h20-26H,4-19H2,1-3H3. The van der Waals surface area contributed by atoms with Crippen molar-refractivity contribution in [2.75, 3.05) is 6.61 Å². The molecule has 0 aromatic rings. The molecule has 1 nitrogen and oxygen atoms in total. The monoisotopic (exact) mass is 376 g/mol. The highest BCUT2D eigenvalue weighted by molar-refractivity contribution is 4.85. The first-order valence-electron chi connectivity index (χ1n) is 12.8. The van der Waals surface area contributed by atoms with Crippen molar-refractivity contribution in [1.29, 1.82) is 0 Å². The second-order valence-electron chi connectivity index (χ2n) is 10.8. The highest BCUT2D eigenvalue weighted by Crippen LogP contribution is 2.41. The van der Waals surface area contributed by atoms with Crippen molar-refractivity contribution in [3.05, 3.63) is 0 Å². The van der Waals surface area contributed by atoms with Gasteiger partial charge in [-0.1, -0.05) is 78.6 Å². The maximum Gasteiger partial charge on any atom is 0.0603 e. The van der Waals surface area contributed by atoms with Gasteiger partial charge in [-0.25, -0.2) is 0 Å². The molecular formula is C26H48O. The minimum absolute atomic E-state index is 0.606. The van der Waals surface area contributed by atoms with Gasteiger partial charge in [-0.3, -0.25) is 0 Å². The molecule has 1 heterocycles. The van der Waals surface area contributed by atoms with Crippen LogP contribution in [0.5, 0.6) is 0 Å². The fourth-order valence-electron chi connectivity index (χ4n) is 6.53. The van der Waals surface area contributed by atoms with E-state index in [1.807, 2.05) is 0 Å². The molecule has 2 saturated carbocycles.